The van der Waals surface area contributed by atoms with Gasteiger partial charge in [-0.25, -0.2) is 19.0 Å². The molecule has 2 atom stereocenters. The van der Waals surface area contributed by atoms with Gasteiger partial charge in [-0.15, -0.1) is 10.2 Å². The predicted octanol–water partition coefficient (Wildman–Crippen LogP) is 1.82. The molecule has 2 fully saturated rings. The maximum absolute atomic E-state index is 13.2. The monoisotopic (exact) mass is 616 g/mol. The van der Waals surface area contributed by atoms with Gasteiger partial charge in [0.25, 0.3) is 0 Å². The number of amides is 4. The zero-order valence-electron chi connectivity index (χ0n) is 26.9. The normalized spacial score (nSPS) is 17.7. The van der Waals surface area contributed by atoms with Crippen LogP contribution in [0.1, 0.15) is 67.5 Å². The molecule has 0 aromatic carbocycles. The second-order valence-corrected chi connectivity index (χ2v) is 13.1. The molecule has 4 amide bonds. The number of rotatable bonds is 5. The molecule has 16 heteroatoms. The Morgan fingerprint density at radius 1 is 0.591 bits per heavy atom. The average Bonchev–Trinajstić information content (AvgIpc) is 3.64. The van der Waals surface area contributed by atoms with E-state index >= 15 is 0 Å². The lowest BCUT2D eigenvalue weighted by Crippen LogP contribution is -2.52. The molecule has 0 saturated carbocycles. The zero-order chi connectivity index (χ0) is 32.4. The van der Waals surface area contributed by atoms with Crippen molar-refractivity contribution < 1.29 is 28.7 Å². The van der Waals surface area contributed by atoms with Gasteiger partial charge in [0.15, 0.2) is 0 Å². The van der Waals surface area contributed by atoms with Crippen molar-refractivity contribution in [2.75, 3.05) is 52.4 Å². The molecule has 2 aromatic rings. The van der Waals surface area contributed by atoms with Crippen LogP contribution in [0.3, 0.4) is 0 Å². The van der Waals surface area contributed by atoms with Gasteiger partial charge in [0.1, 0.15) is 34.7 Å². The van der Waals surface area contributed by atoms with Crippen LogP contribution in [0.4, 0.5) is 9.59 Å². The first-order valence-electron chi connectivity index (χ1n) is 14.9. The Hall–Kier alpha value is -4.24. The highest BCUT2D eigenvalue weighted by Crippen LogP contribution is 2.20. The number of aromatic nitrogens is 6. The minimum atomic E-state index is -0.626. The molecular formula is C28H44N10O6. The fraction of sp³-hybridized carbons (Fsp3) is 0.714. The van der Waals surface area contributed by atoms with Crippen LogP contribution in [0.2, 0.25) is 0 Å². The van der Waals surface area contributed by atoms with Gasteiger partial charge in [0.05, 0.1) is 12.4 Å². The van der Waals surface area contributed by atoms with Crippen molar-refractivity contribution >= 4 is 24.0 Å². The summed E-state index contributed by atoms with van der Waals surface area (Å²) in [5.74, 6) is -0.278. The summed E-state index contributed by atoms with van der Waals surface area (Å²) < 4.78 is 13.8. The summed E-state index contributed by atoms with van der Waals surface area (Å²) in [5, 5.41) is 16.6. The summed E-state index contributed by atoms with van der Waals surface area (Å²) in [7, 11) is 0. The molecule has 0 bridgehead atoms. The van der Waals surface area contributed by atoms with Gasteiger partial charge in [-0.3, -0.25) is 9.59 Å². The van der Waals surface area contributed by atoms with Crippen molar-refractivity contribution in [2.45, 2.75) is 78.7 Å². The molecule has 0 unspecified atom stereocenters. The van der Waals surface area contributed by atoms with E-state index in [0.717, 1.165) is 0 Å². The number of nitrogens with zero attached hydrogens (tertiary/aromatic N) is 10. The van der Waals surface area contributed by atoms with Gasteiger partial charge in [0, 0.05) is 52.4 Å². The Morgan fingerprint density at radius 2 is 0.886 bits per heavy atom. The number of hydrogen-bond donors (Lipinski definition) is 0. The lowest BCUT2D eigenvalue weighted by atomic mass is 10.2. The molecule has 2 saturated heterocycles. The Balaban J connectivity index is 1.30. The van der Waals surface area contributed by atoms with Crippen LogP contribution in [-0.4, -0.2) is 137 Å². The fourth-order valence-electron chi connectivity index (χ4n) is 4.79. The summed E-state index contributed by atoms with van der Waals surface area (Å²) in [6.07, 6.45) is 2.47. The Bertz CT molecular complexity index is 1240. The van der Waals surface area contributed by atoms with Gasteiger partial charge in [0.2, 0.25) is 11.8 Å². The molecule has 16 nitrogen and oxygen atoms in total. The highest BCUT2D eigenvalue weighted by Gasteiger charge is 2.32. The summed E-state index contributed by atoms with van der Waals surface area (Å²) in [5.41, 5.74) is -0.335. The van der Waals surface area contributed by atoms with Crippen LogP contribution in [0.25, 0.3) is 11.4 Å². The van der Waals surface area contributed by atoms with Crippen molar-refractivity contribution in [3.8, 4) is 11.4 Å². The van der Waals surface area contributed by atoms with Crippen LogP contribution in [-0.2, 0) is 19.1 Å². The van der Waals surface area contributed by atoms with E-state index < -0.39 is 23.3 Å². The third-order valence-electron chi connectivity index (χ3n) is 7.28. The van der Waals surface area contributed by atoms with Gasteiger partial charge in [-0.2, -0.15) is 0 Å². The van der Waals surface area contributed by atoms with E-state index in [1.54, 1.807) is 45.8 Å². The van der Waals surface area contributed by atoms with Crippen molar-refractivity contribution in [3.05, 3.63) is 12.4 Å². The molecule has 2 aliphatic rings. The Labute approximate surface area is 257 Å². The van der Waals surface area contributed by atoms with Crippen molar-refractivity contribution in [3.63, 3.8) is 0 Å². The van der Waals surface area contributed by atoms with Crippen molar-refractivity contribution in [1.29, 1.82) is 0 Å². The molecule has 0 spiro atoms. The molecule has 44 heavy (non-hydrogen) atoms. The van der Waals surface area contributed by atoms with Crippen LogP contribution in [0.15, 0.2) is 12.4 Å². The maximum Gasteiger partial charge on any atom is 0.410 e. The SMILES string of the molecule is C[C@@H](C(=O)N1CCN(C(=O)OC(C)(C)C)CC1)n1cc(-c2cn([C@@H](C)C(=O)N3CCN(C(=O)OC(C)(C)C)CC3)nn2)nn1. The quantitative estimate of drug-likeness (QED) is 0.485. The molecule has 0 N–H and O–H groups in total. The van der Waals surface area contributed by atoms with E-state index in [1.807, 2.05) is 41.5 Å². The van der Waals surface area contributed by atoms with Crippen LogP contribution >= 0.6 is 0 Å². The molecule has 242 valence electrons. The first kappa shape index (κ1) is 32.7. The lowest BCUT2D eigenvalue weighted by Gasteiger charge is -2.36. The third-order valence-corrected chi connectivity index (χ3v) is 7.28. The average molecular weight is 617 g/mol. The number of carbonyl (C=O) groups is 4. The van der Waals surface area contributed by atoms with E-state index in [-0.39, 0.29) is 24.0 Å². The molecule has 2 aromatic heterocycles. The predicted molar refractivity (Wildman–Crippen MR) is 157 cm³/mol. The molecule has 2 aliphatic heterocycles. The summed E-state index contributed by atoms with van der Waals surface area (Å²) in [4.78, 5) is 57.7. The topological polar surface area (TPSA) is 161 Å². The van der Waals surface area contributed by atoms with E-state index in [9.17, 15) is 19.2 Å². The summed E-state index contributed by atoms with van der Waals surface area (Å²) in [6.45, 7) is 17.5. The van der Waals surface area contributed by atoms with Gasteiger partial charge in [-0.05, 0) is 55.4 Å². The molecule has 0 aliphatic carbocycles. The van der Waals surface area contributed by atoms with Gasteiger partial charge in [-0.1, -0.05) is 10.4 Å². The standard InChI is InChI=1S/C28H44N10O6/c1-19(23(39)33-9-13-35(14-10-33)25(41)43-27(3,4)5)37-17-21(29-31-37)22-18-38(32-30-22)20(2)24(40)34-11-15-36(16-12-34)26(42)44-28(6,7)8/h17-20H,9-16H2,1-8H3/t19-,20-/m0/s1. The van der Waals surface area contributed by atoms with Crippen LogP contribution in [0.5, 0.6) is 0 Å². The minimum absolute atomic E-state index is 0.139. The lowest BCUT2D eigenvalue weighted by molar-refractivity contribution is -0.137. The molecular weight excluding hydrogens is 572 g/mol. The second-order valence-electron chi connectivity index (χ2n) is 13.1. The van der Waals surface area contributed by atoms with Gasteiger partial charge >= 0.3 is 12.2 Å². The van der Waals surface area contributed by atoms with Gasteiger partial charge < -0.3 is 29.1 Å². The van der Waals surface area contributed by atoms with Crippen LogP contribution < -0.4 is 0 Å². The second kappa shape index (κ2) is 12.8. The molecule has 0 radical (unpaired) electrons. The molecule has 4 rings (SSSR count). The first-order valence-corrected chi connectivity index (χ1v) is 14.9. The van der Waals surface area contributed by atoms with Crippen LogP contribution in [0, 0.1) is 0 Å². The van der Waals surface area contributed by atoms with E-state index in [1.165, 1.54) is 9.36 Å². The molecule has 4 heterocycles. The zero-order valence-corrected chi connectivity index (χ0v) is 26.9. The highest BCUT2D eigenvalue weighted by molar-refractivity contribution is 5.81. The van der Waals surface area contributed by atoms with E-state index in [4.69, 9.17) is 9.47 Å². The Kier molecular flexibility index (Phi) is 9.49. The largest absolute Gasteiger partial charge is 0.444 e. The first-order chi connectivity index (χ1) is 20.5. The maximum atomic E-state index is 13.2. The number of carbonyl (C=O) groups excluding carboxylic acids is 4. The van der Waals surface area contributed by atoms with Crippen molar-refractivity contribution in [1.82, 2.24) is 49.6 Å². The number of hydrogen-bond acceptors (Lipinski definition) is 10. The smallest absolute Gasteiger partial charge is 0.410 e. The fourth-order valence-corrected chi connectivity index (χ4v) is 4.79. The van der Waals surface area contributed by atoms with E-state index in [0.29, 0.717) is 63.7 Å². The highest BCUT2D eigenvalue weighted by atomic mass is 16.6. The minimum Gasteiger partial charge on any atom is -0.444 e. The number of piperazine rings is 2. The van der Waals surface area contributed by atoms with E-state index in [2.05, 4.69) is 20.6 Å². The number of ether oxygens (including phenoxy) is 2. The summed E-state index contributed by atoms with van der Waals surface area (Å²) in [6, 6.07) is -1.25. The summed E-state index contributed by atoms with van der Waals surface area (Å²) >= 11 is 0. The third kappa shape index (κ3) is 8.02. The Morgan fingerprint density at radius 3 is 1.18 bits per heavy atom. The van der Waals surface area contributed by atoms with Crippen molar-refractivity contribution in [2.24, 2.45) is 0 Å².